The van der Waals surface area contributed by atoms with Crippen LogP contribution in [0.25, 0.3) is 0 Å². The number of carbonyl (C=O) groups excluding carboxylic acids is 1. The minimum atomic E-state index is -4.20. The summed E-state index contributed by atoms with van der Waals surface area (Å²) in [5.41, 5.74) is 0. The van der Waals surface area contributed by atoms with Crippen molar-refractivity contribution in [2.75, 3.05) is 18.9 Å². The molecule has 0 fully saturated rings. The zero-order valence-electron chi connectivity index (χ0n) is 9.30. The third kappa shape index (κ3) is 4.22. The summed E-state index contributed by atoms with van der Waals surface area (Å²) in [5.74, 6) is -0.290. The molecule has 0 unspecified atom stereocenters. The van der Waals surface area contributed by atoms with Crippen molar-refractivity contribution in [1.29, 1.82) is 0 Å². The molecule has 1 heterocycles. The Balaban J connectivity index is 2.90. The predicted molar refractivity (Wildman–Crippen MR) is 61.7 cm³/mol. The molecule has 0 aliphatic heterocycles. The first-order valence-corrected chi connectivity index (χ1v) is 6.19. The summed E-state index contributed by atoms with van der Waals surface area (Å²) in [5, 5.41) is -0.0300. The lowest BCUT2D eigenvalue weighted by atomic mass is 10.6. The Labute approximate surface area is 108 Å². The third-order valence-electron chi connectivity index (χ3n) is 1.51. The number of nitrogens with one attached hydrogen (secondary N) is 2. The second-order valence-corrected chi connectivity index (χ2v) is 4.56. The summed E-state index contributed by atoms with van der Waals surface area (Å²) in [7, 11) is -1.86. The van der Waals surface area contributed by atoms with Crippen molar-refractivity contribution in [3.05, 3.63) is 11.2 Å². The number of halogens is 1. The average Bonchev–Trinajstić information content (AvgIpc) is 2.26. The summed E-state index contributed by atoms with van der Waals surface area (Å²) in [6, 6.07) is 1.28. The van der Waals surface area contributed by atoms with Crippen molar-refractivity contribution >= 4 is 33.9 Å². The Morgan fingerprint density at radius 2 is 2.06 bits per heavy atom. The molecule has 0 bridgehead atoms. The Morgan fingerprint density at radius 3 is 2.61 bits per heavy atom. The summed E-state index contributed by atoms with van der Waals surface area (Å²) < 4.78 is 35.1. The van der Waals surface area contributed by atoms with E-state index in [2.05, 4.69) is 14.7 Å². The minimum Gasteiger partial charge on any atom is -0.481 e. The van der Waals surface area contributed by atoms with E-state index in [1.807, 2.05) is 4.72 Å². The van der Waals surface area contributed by atoms with Gasteiger partial charge in [0.05, 0.1) is 14.2 Å². The van der Waals surface area contributed by atoms with Gasteiger partial charge in [-0.15, -0.1) is 0 Å². The average molecular weight is 297 g/mol. The number of aromatic nitrogens is 2. The molecule has 0 atom stereocenters. The van der Waals surface area contributed by atoms with E-state index in [1.54, 1.807) is 4.72 Å². The van der Waals surface area contributed by atoms with Crippen molar-refractivity contribution < 1.29 is 22.7 Å². The quantitative estimate of drug-likeness (QED) is 0.759. The lowest BCUT2D eigenvalue weighted by molar-refractivity contribution is 0.177. The fraction of sp³-hybridized carbons (Fsp3) is 0.286. The molecule has 1 aromatic heterocycles. The Hall–Kier alpha value is -1.81. The summed E-state index contributed by atoms with van der Waals surface area (Å²) in [4.78, 5) is 18.0. The number of rotatable bonds is 4. The van der Waals surface area contributed by atoms with Gasteiger partial charge in [-0.05, 0) is 0 Å². The van der Waals surface area contributed by atoms with Crippen LogP contribution in [-0.2, 0) is 14.9 Å². The molecule has 0 saturated carbocycles. The highest BCUT2D eigenvalue weighted by molar-refractivity contribution is 7.91. The molecule has 100 valence electrons. The molecule has 18 heavy (non-hydrogen) atoms. The number of anilines is 1. The van der Waals surface area contributed by atoms with Crippen molar-refractivity contribution in [3.8, 4) is 5.88 Å². The molecule has 0 spiro atoms. The molecule has 1 rings (SSSR count). The van der Waals surface area contributed by atoms with Crippen LogP contribution in [0, 0.1) is 0 Å². The van der Waals surface area contributed by atoms with Crippen LogP contribution in [0.15, 0.2) is 6.07 Å². The van der Waals surface area contributed by atoms with Crippen LogP contribution in [0.2, 0.25) is 5.15 Å². The molecular weight excluding hydrogens is 288 g/mol. The number of carbonyl (C=O) groups is 1. The maximum absolute atomic E-state index is 11.4. The molecular formula is C7H9ClN4O5S. The summed E-state index contributed by atoms with van der Waals surface area (Å²) >= 11 is 5.61. The highest BCUT2D eigenvalue weighted by atomic mass is 35.5. The van der Waals surface area contributed by atoms with Gasteiger partial charge in [0.15, 0.2) is 0 Å². The van der Waals surface area contributed by atoms with Gasteiger partial charge < -0.3 is 9.47 Å². The van der Waals surface area contributed by atoms with E-state index >= 15 is 0 Å². The van der Waals surface area contributed by atoms with Gasteiger partial charge in [0.25, 0.3) is 0 Å². The first-order chi connectivity index (χ1) is 8.36. The normalized spacial score (nSPS) is 10.6. The van der Waals surface area contributed by atoms with Crippen LogP contribution in [0.5, 0.6) is 5.88 Å². The number of amides is 1. The van der Waals surface area contributed by atoms with Gasteiger partial charge in [0, 0.05) is 6.07 Å². The lowest BCUT2D eigenvalue weighted by Gasteiger charge is -2.08. The molecule has 0 aliphatic rings. The van der Waals surface area contributed by atoms with Crippen LogP contribution >= 0.6 is 11.6 Å². The van der Waals surface area contributed by atoms with Gasteiger partial charge in [-0.3, -0.25) is 0 Å². The van der Waals surface area contributed by atoms with E-state index in [0.717, 1.165) is 7.11 Å². The molecule has 1 aromatic rings. The van der Waals surface area contributed by atoms with Crippen molar-refractivity contribution in [3.63, 3.8) is 0 Å². The monoisotopic (exact) mass is 296 g/mol. The van der Waals surface area contributed by atoms with E-state index < -0.39 is 16.3 Å². The van der Waals surface area contributed by atoms with Crippen LogP contribution in [0.3, 0.4) is 0 Å². The number of hydrogen-bond acceptors (Lipinski definition) is 7. The first kappa shape index (κ1) is 14.3. The Morgan fingerprint density at radius 1 is 1.39 bits per heavy atom. The van der Waals surface area contributed by atoms with Crippen molar-refractivity contribution in [1.82, 2.24) is 14.7 Å². The van der Waals surface area contributed by atoms with Crippen LogP contribution in [0.4, 0.5) is 10.7 Å². The fourth-order valence-electron chi connectivity index (χ4n) is 0.844. The smallest absolute Gasteiger partial charge is 0.422 e. The van der Waals surface area contributed by atoms with Crippen LogP contribution in [-0.4, -0.2) is 38.7 Å². The van der Waals surface area contributed by atoms with Crippen LogP contribution in [0.1, 0.15) is 0 Å². The van der Waals surface area contributed by atoms with E-state index in [4.69, 9.17) is 16.3 Å². The molecule has 11 heteroatoms. The predicted octanol–water partition coefficient (Wildman–Crippen LogP) is 0.151. The summed E-state index contributed by atoms with van der Waals surface area (Å²) in [6.07, 6.45) is -1.16. The zero-order valence-corrected chi connectivity index (χ0v) is 10.9. The van der Waals surface area contributed by atoms with E-state index in [-0.39, 0.29) is 17.0 Å². The van der Waals surface area contributed by atoms with Gasteiger partial charge in [-0.2, -0.15) is 13.4 Å². The van der Waals surface area contributed by atoms with E-state index in [0.29, 0.717) is 0 Å². The van der Waals surface area contributed by atoms with Crippen molar-refractivity contribution in [2.24, 2.45) is 0 Å². The van der Waals surface area contributed by atoms with Gasteiger partial charge in [-0.1, -0.05) is 11.6 Å². The third-order valence-corrected chi connectivity index (χ3v) is 2.59. The van der Waals surface area contributed by atoms with E-state index in [1.165, 1.54) is 13.2 Å². The molecule has 0 radical (unpaired) electrons. The van der Waals surface area contributed by atoms with E-state index in [9.17, 15) is 13.2 Å². The minimum absolute atomic E-state index is 0.0300. The van der Waals surface area contributed by atoms with Gasteiger partial charge in [0.2, 0.25) is 11.8 Å². The highest BCUT2D eigenvalue weighted by Gasteiger charge is 2.16. The first-order valence-electron chi connectivity index (χ1n) is 4.33. The molecule has 1 amide bonds. The number of hydrogen-bond donors (Lipinski definition) is 2. The summed E-state index contributed by atoms with van der Waals surface area (Å²) in [6.45, 7) is 0. The SMILES string of the molecule is COC(=O)NS(=O)(=O)Nc1nc(Cl)cc(OC)n1. The second kappa shape index (κ2) is 5.69. The van der Waals surface area contributed by atoms with Gasteiger partial charge >= 0.3 is 16.3 Å². The van der Waals surface area contributed by atoms with Gasteiger partial charge in [0.1, 0.15) is 5.15 Å². The fourth-order valence-corrected chi connectivity index (χ4v) is 1.70. The highest BCUT2D eigenvalue weighted by Crippen LogP contribution is 2.16. The second-order valence-electron chi connectivity index (χ2n) is 2.76. The largest absolute Gasteiger partial charge is 0.481 e. The Bertz CT molecular complexity index is 549. The number of nitrogens with zero attached hydrogens (tertiary/aromatic N) is 2. The maximum atomic E-state index is 11.4. The number of methoxy groups -OCH3 is 2. The van der Waals surface area contributed by atoms with Crippen LogP contribution < -0.4 is 14.2 Å². The van der Waals surface area contributed by atoms with Crippen molar-refractivity contribution in [2.45, 2.75) is 0 Å². The Kier molecular flexibility index (Phi) is 4.50. The van der Waals surface area contributed by atoms with Gasteiger partial charge in [-0.25, -0.2) is 19.2 Å². The molecule has 0 saturated heterocycles. The molecule has 0 aromatic carbocycles. The zero-order chi connectivity index (χ0) is 13.8. The lowest BCUT2D eigenvalue weighted by Crippen LogP contribution is -2.35. The maximum Gasteiger partial charge on any atom is 0.422 e. The number of ether oxygens (including phenoxy) is 2. The molecule has 0 aliphatic carbocycles. The standard InChI is InChI=1S/C7H9ClN4O5S/c1-16-5-3-4(8)9-6(10-5)11-18(14,15)12-7(13)17-2/h3H,1-2H3,(H,12,13)(H,9,10,11). The topological polar surface area (TPSA) is 120 Å². The molecule has 9 nitrogen and oxygen atoms in total. The molecule has 2 N–H and O–H groups in total.